The number of hydrogen-bond donors (Lipinski definition) is 1. The number of aromatic nitrogens is 4. The highest BCUT2D eigenvalue weighted by Gasteiger charge is 2.20. The van der Waals surface area contributed by atoms with Crippen molar-refractivity contribution >= 4 is 29.1 Å². The molecule has 0 aliphatic carbocycles. The molecule has 21 heavy (non-hydrogen) atoms. The van der Waals surface area contributed by atoms with E-state index in [1.165, 1.54) is 23.1 Å². The van der Waals surface area contributed by atoms with Crippen molar-refractivity contribution in [1.29, 1.82) is 0 Å². The lowest BCUT2D eigenvalue weighted by Crippen LogP contribution is -2.10. The molecule has 0 amide bonds. The molecule has 0 radical (unpaired) electrons. The molecule has 0 aliphatic rings. The van der Waals surface area contributed by atoms with E-state index in [4.69, 9.17) is 5.11 Å². The Labute approximate surface area is 131 Å². The Bertz CT molecular complexity index is 651. The van der Waals surface area contributed by atoms with E-state index < -0.39 is 11.2 Å². The summed E-state index contributed by atoms with van der Waals surface area (Å²) in [6, 6.07) is 0. The van der Waals surface area contributed by atoms with Crippen LogP contribution in [0.4, 0.5) is 0 Å². The Balaban J connectivity index is 2.27. The fraction of sp³-hybridized carbons (Fsp3) is 0.538. The third-order valence-corrected chi connectivity index (χ3v) is 5.18. The number of carbonyl (C=O) groups is 1. The molecular formula is C13H18N4O2S2. The second-order valence-electron chi connectivity index (χ2n) is 4.74. The number of aliphatic carboxylic acids is 1. The molecule has 1 N–H and O–H groups in total. The number of hydrogen-bond acceptors (Lipinski definition) is 6. The topological polar surface area (TPSA) is 80.9 Å². The maximum absolute atomic E-state index is 10.9. The van der Waals surface area contributed by atoms with E-state index in [0.29, 0.717) is 4.34 Å². The van der Waals surface area contributed by atoms with Crippen molar-refractivity contribution in [1.82, 2.24) is 20.0 Å². The lowest BCUT2D eigenvalue weighted by atomic mass is 10.2. The van der Waals surface area contributed by atoms with Gasteiger partial charge >= 0.3 is 5.97 Å². The van der Waals surface area contributed by atoms with E-state index >= 15 is 0 Å². The third-order valence-electron chi connectivity index (χ3n) is 3.06. The zero-order chi connectivity index (χ0) is 15.6. The summed E-state index contributed by atoms with van der Waals surface area (Å²) in [6.07, 6.45) is 1.02. The van der Waals surface area contributed by atoms with Gasteiger partial charge < -0.3 is 5.11 Å². The lowest BCUT2D eigenvalue weighted by Gasteiger charge is -2.01. The normalized spacial score (nSPS) is 12.6. The van der Waals surface area contributed by atoms with Gasteiger partial charge in [-0.3, -0.25) is 9.48 Å². The molecule has 1 unspecified atom stereocenters. The monoisotopic (exact) mass is 326 g/mol. The van der Waals surface area contributed by atoms with Crippen molar-refractivity contribution in [3.8, 4) is 10.6 Å². The Kier molecular flexibility index (Phi) is 5.00. The number of nitrogens with zero attached hydrogens (tertiary/aromatic N) is 4. The maximum Gasteiger partial charge on any atom is 0.316 e. The van der Waals surface area contributed by atoms with E-state index in [0.717, 1.165) is 34.9 Å². The molecule has 0 aromatic carbocycles. The molecule has 2 heterocycles. The van der Waals surface area contributed by atoms with Crippen LogP contribution in [0.1, 0.15) is 31.7 Å². The first-order valence-corrected chi connectivity index (χ1v) is 8.41. The first kappa shape index (κ1) is 16.0. The second kappa shape index (κ2) is 6.57. The quantitative estimate of drug-likeness (QED) is 0.822. The molecule has 0 fully saturated rings. The van der Waals surface area contributed by atoms with E-state index in [2.05, 4.69) is 22.2 Å². The van der Waals surface area contributed by atoms with Gasteiger partial charge in [0.05, 0.1) is 11.3 Å². The van der Waals surface area contributed by atoms with Crippen LogP contribution >= 0.6 is 23.1 Å². The van der Waals surface area contributed by atoms with Gasteiger partial charge in [0.15, 0.2) is 9.35 Å². The van der Waals surface area contributed by atoms with Crippen molar-refractivity contribution < 1.29 is 9.90 Å². The predicted octanol–water partition coefficient (Wildman–Crippen LogP) is 2.99. The van der Waals surface area contributed by atoms with Gasteiger partial charge in [-0.2, -0.15) is 5.10 Å². The molecule has 8 heteroatoms. The number of thioether (sulfide) groups is 1. The van der Waals surface area contributed by atoms with Gasteiger partial charge in [-0.1, -0.05) is 30.0 Å². The van der Waals surface area contributed by atoms with Gasteiger partial charge in [-0.05, 0) is 27.2 Å². The highest BCUT2D eigenvalue weighted by atomic mass is 32.2. The number of carboxylic acid groups (broad SMARTS) is 1. The van der Waals surface area contributed by atoms with Crippen molar-refractivity contribution in [2.75, 3.05) is 0 Å². The molecule has 6 nitrogen and oxygen atoms in total. The maximum atomic E-state index is 10.9. The van der Waals surface area contributed by atoms with Gasteiger partial charge in [0.1, 0.15) is 5.25 Å². The first-order valence-electron chi connectivity index (χ1n) is 6.71. The Hall–Kier alpha value is -1.41. The molecule has 0 spiro atoms. The van der Waals surface area contributed by atoms with Crippen molar-refractivity contribution in [3.05, 3.63) is 11.4 Å². The van der Waals surface area contributed by atoms with Crippen LogP contribution in [-0.4, -0.2) is 36.3 Å². The van der Waals surface area contributed by atoms with Crippen molar-refractivity contribution in [2.24, 2.45) is 0 Å². The molecule has 2 rings (SSSR count). The highest BCUT2D eigenvalue weighted by molar-refractivity contribution is 8.02. The summed E-state index contributed by atoms with van der Waals surface area (Å²) < 4.78 is 2.65. The van der Waals surface area contributed by atoms with E-state index in [-0.39, 0.29) is 0 Å². The van der Waals surface area contributed by atoms with Crippen LogP contribution < -0.4 is 0 Å². The van der Waals surface area contributed by atoms with Gasteiger partial charge in [-0.25, -0.2) is 0 Å². The summed E-state index contributed by atoms with van der Waals surface area (Å²) in [7, 11) is 0. The van der Waals surface area contributed by atoms with E-state index in [9.17, 15) is 4.79 Å². The largest absolute Gasteiger partial charge is 0.480 e. The van der Waals surface area contributed by atoms with Crippen LogP contribution in [-0.2, 0) is 11.3 Å². The van der Waals surface area contributed by atoms with Crippen molar-refractivity contribution in [3.63, 3.8) is 0 Å². The average Bonchev–Trinajstić information content (AvgIpc) is 2.96. The molecule has 2 aromatic rings. The second-order valence-corrected chi connectivity index (χ2v) is 7.31. The molecule has 1 atom stereocenters. The van der Waals surface area contributed by atoms with Crippen LogP contribution in [0.25, 0.3) is 10.6 Å². The van der Waals surface area contributed by atoms with Crippen LogP contribution in [0.3, 0.4) is 0 Å². The van der Waals surface area contributed by atoms with Gasteiger partial charge in [0.2, 0.25) is 0 Å². The van der Waals surface area contributed by atoms with Gasteiger partial charge in [0, 0.05) is 12.2 Å². The number of carboxylic acids is 1. The first-order chi connectivity index (χ1) is 9.93. The summed E-state index contributed by atoms with van der Waals surface area (Å²) in [5.41, 5.74) is 3.02. The SMILES string of the molecule is CCCn1nc(C)c(-c2nnc(SC(C)C(=O)O)s2)c1C. The van der Waals surface area contributed by atoms with Crippen molar-refractivity contribution in [2.45, 2.75) is 50.3 Å². The Morgan fingerprint density at radius 2 is 2.14 bits per heavy atom. The van der Waals surface area contributed by atoms with Crippen LogP contribution in [0.15, 0.2) is 4.34 Å². The molecule has 2 aromatic heterocycles. The molecule has 0 bridgehead atoms. The highest BCUT2D eigenvalue weighted by Crippen LogP contribution is 2.34. The summed E-state index contributed by atoms with van der Waals surface area (Å²) in [6.45, 7) is 8.62. The Morgan fingerprint density at radius 3 is 2.76 bits per heavy atom. The van der Waals surface area contributed by atoms with Crippen LogP contribution in [0.2, 0.25) is 0 Å². The molecule has 0 saturated carbocycles. The number of aryl methyl sites for hydroxylation is 2. The zero-order valence-corrected chi connectivity index (χ0v) is 14.1. The Morgan fingerprint density at radius 1 is 1.43 bits per heavy atom. The molecule has 0 saturated heterocycles. The summed E-state index contributed by atoms with van der Waals surface area (Å²) in [4.78, 5) is 10.9. The molecule has 0 aliphatic heterocycles. The van der Waals surface area contributed by atoms with Crippen LogP contribution in [0, 0.1) is 13.8 Å². The van der Waals surface area contributed by atoms with E-state index in [1.54, 1.807) is 6.92 Å². The summed E-state index contributed by atoms with van der Waals surface area (Å²) >= 11 is 2.63. The third kappa shape index (κ3) is 3.44. The minimum atomic E-state index is -0.847. The smallest absolute Gasteiger partial charge is 0.316 e. The fourth-order valence-corrected chi connectivity index (χ4v) is 4.08. The van der Waals surface area contributed by atoms with Gasteiger partial charge in [0.25, 0.3) is 0 Å². The minimum Gasteiger partial charge on any atom is -0.480 e. The fourth-order valence-electron chi connectivity index (χ4n) is 2.00. The standard InChI is InChI=1S/C13H18N4O2S2/c1-5-6-17-8(3)10(7(2)16-17)11-14-15-13(21-11)20-9(4)12(18)19/h9H,5-6H2,1-4H3,(H,18,19). The van der Waals surface area contributed by atoms with Gasteiger partial charge in [-0.15, -0.1) is 10.2 Å². The minimum absolute atomic E-state index is 0.532. The summed E-state index contributed by atoms with van der Waals surface area (Å²) in [5, 5.41) is 22.0. The van der Waals surface area contributed by atoms with Crippen LogP contribution in [0.5, 0.6) is 0 Å². The number of rotatable bonds is 6. The predicted molar refractivity (Wildman–Crippen MR) is 83.8 cm³/mol. The summed E-state index contributed by atoms with van der Waals surface area (Å²) in [5.74, 6) is -0.847. The molecule has 114 valence electrons. The lowest BCUT2D eigenvalue weighted by molar-refractivity contribution is -0.136. The zero-order valence-electron chi connectivity index (χ0n) is 12.5. The molecular weight excluding hydrogens is 308 g/mol. The van der Waals surface area contributed by atoms with E-state index in [1.807, 2.05) is 18.5 Å². The average molecular weight is 326 g/mol.